The van der Waals surface area contributed by atoms with E-state index in [1.807, 2.05) is 0 Å². The highest BCUT2D eigenvalue weighted by molar-refractivity contribution is 5.87. The second kappa shape index (κ2) is 20.8. The molecule has 0 spiro atoms. The van der Waals surface area contributed by atoms with E-state index in [-0.39, 0.29) is 39.6 Å². The van der Waals surface area contributed by atoms with Gasteiger partial charge in [-0.2, -0.15) is 0 Å². The van der Waals surface area contributed by atoms with Gasteiger partial charge in [0.25, 0.3) is 0 Å². The molecule has 0 N–H and O–H groups in total. The summed E-state index contributed by atoms with van der Waals surface area (Å²) in [5.41, 5.74) is 2.02. The predicted molar refractivity (Wildman–Crippen MR) is 167 cm³/mol. The number of esters is 2. The maximum absolute atomic E-state index is 11.9. The second-order valence-electron chi connectivity index (χ2n) is 10.1. The summed E-state index contributed by atoms with van der Waals surface area (Å²) in [6.07, 6.45) is 0. The Balaban J connectivity index is 1.56. The number of fused-ring (bicyclic) bond motifs is 2. The van der Waals surface area contributed by atoms with Crippen LogP contribution >= 0.6 is 0 Å². The van der Waals surface area contributed by atoms with E-state index < -0.39 is 11.9 Å². The van der Waals surface area contributed by atoms with Gasteiger partial charge < -0.3 is 47.4 Å². The van der Waals surface area contributed by atoms with E-state index in [0.717, 1.165) is 5.56 Å². The molecular formula is C34H44O12. The lowest BCUT2D eigenvalue weighted by Crippen LogP contribution is -2.16. The molecule has 12 nitrogen and oxygen atoms in total. The van der Waals surface area contributed by atoms with Crippen molar-refractivity contribution >= 4 is 11.9 Å². The van der Waals surface area contributed by atoms with E-state index in [1.54, 1.807) is 50.2 Å². The third kappa shape index (κ3) is 13.5. The molecule has 0 saturated heterocycles. The summed E-state index contributed by atoms with van der Waals surface area (Å²) < 4.78 is 56.9. The van der Waals surface area contributed by atoms with Gasteiger partial charge in [-0.25, -0.2) is 9.59 Å². The van der Waals surface area contributed by atoms with Gasteiger partial charge in [-0.1, -0.05) is 31.4 Å². The van der Waals surface area contributed by atoms with Crippen molar-refractivity contribution < 1.29 is 57.0 Å². The number of para-hydroxylation sites is 1. The number of hydrogen-bond donors (Lipinski definition) is 0. The molecule has 1 aliphatic heterocycles. The first kappa shape index (κ1) is 36.4. The highest BCUT2D eigenvalue weighted by atomic mass is 16.6. The first-order valence-corrected chi connectivity index (χ1v) is 15.1. The number of hydrogen-bond acceptors (Lipinski definition) is 12. The average Bonchev–Trinajstić information content (AvgIpc) is 3.04. The molecule has 0 unspecified atom stereocenters. The quantitative estimate of drug-likeness (QED) is 0.330. The fraction of sp³-hybridized carbons (Fsp3) is 0.471. The molecule has 46 heavy (non-hydrogen) atoms. The van der Waals surface area contributed by atoms with Crippen molar-refractivity contribution in [3.63, 3.8) is 0 Å². The SMILES string of the molecule is C=C(C)C(=O)OCc1ccc2c(c1)OCCOCCOCCOc1c(COC(=O)C(=C)C)cccc1OCCOCCOCCO2. The van der Waals surface area contributed by atoms with Crippen LogP contribution in [0.5, 0.6) is 23.0 Å². The Morgan fingerprint density at radius 1 is 0.587 bits per heavy atom. The number of rotatable bonds is 6. The minimum atomic E-state index is -0.491. The third-order valence-electron chi connectivity index (χ3n) is 6.17. The minimum Gasteiger partial charge on any atom is -0.487 e. The van der Waals surface area contributed by atoms with Crippen molar-refractivity contribution in [2.75, 3.05) is 79.3 Å². The van der Waals surface area contributed by atoms with E-state index >= 15 is 0 Å². The third-order valence-corrected chi connectivity index (χ3v) is 6.17. The Morgan fingerprint density at radius 2 is 1.07 bits per heavy atom. The molecule has 12 heteroatoms. The predicted octanol–water partition coefficient (Wildman–Crippen LogP) is 4.22. The molecule has 3 rings (SSSR count). The second-order valence-corrected chi connectivity index (χ2v) is 10.1. The van der Waals surface area contributed by atoms with Crippen LogP contribution in [0.25, 0.3) is 0 Å². The molecule has 1 heterocycles. The van der Waals surface area contributed by atoms with Crippen LogP contribution < -0.4 is 18.9 Å². The Hall–Kier alpha value is -4.10. The first-order valence-electron chi connectivity index (χ1n) is 15.1. The van der Waals surface area contributed by atoms with Gasteiger partial charge in [0.05, 0.1) is 52.9 Å². The average molecular weight is 645 g/mol. The first-order chi connectivity index (χ1) is 22.3. The molecule has 0 saturated carbocycles. The van der Waals surface area contributed by atoms with Gasteiger partial charge in [0.15, 0.2) is 23.0 Å². The van der Waals surface area contributed by atoms with Crippen molar-refractivity contribution in [3.05, 3.63) is 71.8 Å². The standard InChI is InChI=1S/C34H44O12/c1-25(2)33(35)45-23-27-8-9-29-31(22-27)43-20-16-39-12-13-40-17-21-44-32-28(24-46-34(36)26(3)4)6-5-7-30(32)42-19-15-38-11-10-37-14-18-41-29/h5-9,22H,1,3,10-21,23-24H2,2,4H3. The molecule has 0 amide bonds. The van der Waals surface area contributed by atoms with Crippen LogP contribution in [-0.2, 0) is 51.2 Å². The smallest absolute Gasteiger partial charge is 0.333 e. The summed E-state index contributed by atoms with van der Waals surface area (Å²) in [7, 11) is 0. The summed E-state index contributed by atoms with van der Waals surface area (Å²) in [6.45, 7) is 14.2. The molecule has 2 aromatic carbocycles. The summed E-state index contributed by atoms with van der Waals surface area (Å²) >= 11 is 0. The summed E-state index contributed by atoms with van der Waals surface area (Å²) in [5.74, 6) is 1.03. The summed E-state index contributed by atoms with van der Waals surface area (Å²) in [5, 5.41) is 0. The van der Waals surface area contributed by atoms with E-state index in [1.165, 1.54) is 0 Å². The fourth-order valence-corrected chi connectivity index (χ4v) is 3.84. The summed E-state index contributed by atoms with van der Waals surface area (Å²) in [4.78, 5) is 23.7. The molecular weight excluding hydrogens is 600 g/mol. The van der Waals surface area contributed by atoms with E-state index in [2.05, 4.69) is 13.2 Å². The van der Waals surface area contributed by atoms with E-state index in [0.29, 0.717) is 92.6 Å². The van der Waals surface area contributed by atoms with Gasteiger partial charge in [0.2, 0.25) is 0 Å². The minimum absolute atomic E-state index is 0.000790. The molecule has 0 radical (unpaired) electrons. The van der Waals surface area contributed by atoms with Gasteiger partial charge >= 0.3 is 11.9 Å². The number of carbonyl (C=O) groups excluding carboxylic acids is 2. The van der Waals surface area contributed by atoms with E-state index in [9.17, 15) is 9.59 Å². The zero-order chi connectivity index (χ0) is 33.0. The van der Waals surface area contributed by atoms with Crippen LogP contribution in [0.3, 0.4) is 0 Å². The molecule has 1 aliphatic rings. The van der Waals surface area contributed by atoms with Gasteiger partial charge in [-0.15, -0.1) is 0 Å². The highest BCUT2D eigenvalue weighted by Crippen LogP contribution is 2.32. The largest absolute Gasteiger partial charge is 0.487 e. The van der Waals surface area contributed by atoms with Crippen LogP contribution in [-0.4, -0.2) is 91.2 Å². The van der Waals surface area contributed by atoms with Crippen molar-refractivity contribution in [1.82, 2.24) is 0 Å². The molecule has 0 bridgehead atoms. The molecule has 0 atom stereocenters. The van der Waals surface area contributed by atoms with Gasteiger partial charge in [-0.05, 0) is 37.6 Å². The van der Waals surface area contributed by atoms with Gasteiger partial charge in [-0.3, -0.25) is 0 Å². The van der Waals surface area contributed by atoms with Crippen LogP contribution in [0.2, 0.25) is 0 Å². The van der Waals surface area contributed by atoms with Crippen molar-refractivity contribution in [3.8, 4) is 23.0 Å². The van der Waals surface area contributed by atoms with Crippen LogP contribution in [0.15, 0.2) is 60.7 Å². The maximum atomic E-state index is 11.9. The number of carbonyl (C=O) groups is 2. The fourth-order valence-electron chi connectivity index (χ4n) is 3.84. The Bertz CT molecular complexity index is 1270. The molecule has 252 valence electrons. The normalized spacial score (nSPS) is 15.9. The van der Waals surface area contributed by atoms with Crippen molar-refractivity contribution in [2.24, 2.45) is 0 Å². The molecule has 2 aromatic rings. The zero-order valence-corrected chi connectivity index (χ0v) is 26.7. The Labute approximate surface area is 270 Å². The van der Waals surface area contributed by atoms with Gasteiger partial charge in [0.1, 0.15) is 39.6 Å². The lowest BCUT2D eigenvalue weighted by molar-refractivity contribution is -0.141. The van der Waals surface area contributed by atoms with Crippen molar-refractivity contribution in [1.29, 1.82) is 0 Å². The number of ether oxygens (including phenoxy) is 10. The van der Waals surface area contributed by atoms with Crippen LogP contribution in [0, 0.1) is 0 Å². The van der Waals surface area contributed by atoms with E-state index in [4.69, 9.17) is 47.4 Å². The zero-order valence-electron chi connectivity index (χ0n) is 26.7. The van der Waals surface area contributed by atoms with Crippen LogP contribution in [0.4, 0.5) is 0 Å². The van der Waals surface area contributed by atoms with Crippen LogP contribution in [0.1, 0.15) is 25.0 Å². The number of benzene rings is 2. The monoisotopic (exact) mass is 644 g/mol. The van der Waals surface area contributed by atoms with Gasteiger partial charge in [0, 0.05) is 16.7 Å². The highest BCUT2D eigenvalue weighted by Gasteiger charge is 2.15. The molecule has 0 fully saturated rings. The topological polar surface area (TPSA) is 126 Å². The lowest BCUT2D eigenvalue weighted by Gasteiger charge is -2.17. The molecule has 0 aliphatic carbocycles. The Morgan fingerprint density at radius 3 is 1.63 bits per heavy atom. The van der Waals surface area contributed by atoms with Crippen molar-refractivity contribution in [2.45, 2.75) is 27.1 Å². The maximum Gasteiger partial charge on any atom is 0.333 e. The lowest BCUT2D eigenvalue weighted by atomic mass is 10.2. The summed E-state index contributed by atoms with van der Waals surface area (Å²) in [6, 6.07) is 10.7. The Kier molecular flexibility index (Phi) is 16.5. The molecule has 0 aromatic heterocycles.